The molecular formula is C23H30N2O2. The van der Waals surface area contributed by atoms with Crippen LogP contribution in [0.15, 0.2) is 48.5 Å². The van der Waals surface area contributed by atoms with Gasteiger partial charge in [-0.25, -0.2) is 0 Å². The van der Waals surface area contributed by atoms with Crippen molar-refractivity contribution in [3.63, 3.8) is 0 Å². The molecule has 4 rings (SSSR count). The lowest BCUT2D eigenvalue weighted by atomic mass is 10.0. The molecule has 2 aromatic rings. The van der Waals surface area contributed by atoms with E-state index in [9.17, 15) is 0 Å². The molecule has 0 spiro atoms. The number of rotatable bonds is 7. The molecule has 0 radical (unpaired) electrons. The first-order valence-electron chi connectivity index (χ1n) is 10.2. The first-order valence-corrected chi connectivity index (χ1v) is 10.2. The van der Waals surface area contributed by atoms with Crippen molar-refractivity contribution in [3.8, 4) is 5.75 Å². The highest BCUT2D eigenvalue weighted by Gasteiger charge is 2.30. The summed E-state index contributed by atoms with van der Waals surface area (Å²) in [5.74, 6) is 0.873. The van der Waals surface area contributed by atoms with Crippen molar-refractivity contribution in [3.05, 3.63) is 65.2 Å². The Kier molecular flexibility index (Phi) is 6.07. The average Bonchev–Trinajstić information content (AvgIpc) is 3.16. The number of hydrogen-bond donors (Lipinski definition) is 2. The van der Waals surface area contributed by atoms with Gasteiger partial charge in [-0.3, -0.25) is 4.90 Å². The number of nitrogens with one attached hydrogen (secondary N) is 1. The van der Waals surface area contributed by atoms with Gasteiger partial charge in [0.15, 0.2) is 0 Å². The Balaban J connectivity index is 1.32. The largest absolute Gasteiger partial charge is 0.491 e. The van der Waals surface area contributed by atoms with Gasteiger partial charge < -0.3 is 15.2 Å². The van der Waals surface area contributed by atoms with Crippen LogP contribution in [-0.4, -0.2) is 48.4 Å². The van der Waals surface area contributed by atoms with Crippen molar-refractivity contribution in [2.45, 2.75) is 44.3 Å². The quantitative estimate of drug-likeness (QED) is 0.791. The number of aliphatic hydroxyl groups is 1. The van der Waals surface area contributed by atoms with Gasteiger partial charge in [0.1, 0.15) is 12.4 Å². The highest BCUT2D eigenvalue weighted by atomic mass is 16.5. The molecular weight excluding hydrogens is 336 g/mol. The molecule has 4 heteroatoms. The van der Waals surface area contributed by atoms with Crippen LogP contribution in [0.25, 0.3) is 0 Å². The van der Waals surface area contributed by atoms with Gasteiger partial charge in [-0.2, -0.15) is 0 Å². The van der Waals surface area contributed by atoms with Gasteiger partial charge in [0.05, 0.1) is 6.61 Å². The van der Waals surface area contributed by atoms with Gasteiger partial charge in [-0.1, -0.05) is 42.5 Å². The van der Waals surface area contributed by atoms with Crippen LogP contribution < -0.4 is 10.1 Å². The number of benzene rings is 2. The Morgan fingerprint density at radius 2 is 1.78 bits per heavy atom. The number of fused-ring (bicyclic) bond motifs is 1. The second kappa shape index (κ2) is 8.87. The molecule has 2 N–H and O–H groups in total. The molecule has 2 aromatic carbocycles. The minimum atomic E-state index is 0.0448. The van der Waals surface area contributed by atoms with Crippen LogP contribution in [0.5, 0.6) is 5.75 Å². The van der Waals surface area contributed by atoms with E-state index in [4.69, 9.17) is 9.84 Å². The number of piperidine rings is 1. The third-order valence-electron chi connectivity index (χ3n) is 5.90. The van der Waals surface area contributed by atoms with Crippen molar-refractivity contribution in [2.75, 3.05) is 26.3 Å². The molecule has 1 heterocycles. The molecule has 1 fully saturated rings. The summed E-state index contributed by atoms with van der Waals surface area (Å²) in [5, 5.41) is 12.7. The molecule has 0 bridgehead atoms. The molecule has 1 atom stereocenters. The van der Waals surface area contributed by atoms with Gasteiger partial charge >= 0.3 is 0 Å². The maximum absolute atomic E-state index is 9.00. The van der Waals surface area contributed by atoms with E-state index in [2.05, 4.69) is 40.5 Å². The predicted octanol–water partition coefficient (Wildman–Crippen LogP) is 2.78. The van der Waals surface area contributed by atoms with Crippen molar-refractivity contribution in [1.82, 2.24) is 10.2 Å². The van der Waals surface area contributed by atoms with Gasteiger partial charge in [0.2, 0.25) is 0 Å². The van der Waals surface area contributed by atoms with E-state index in [-0.39, 0.29) is 6.61 Å². The van der Waals surface area contributed by atoms with Crippen LogP contribution in [0, 0.1) is 0 Å². The van der Waals surface area contributed by atoms with E-state index in [1.165, 1.54) is 43.4 Å². The zero-order valence-corrected chi connectivity index (χ0v) is 15.9. The minimum absolute atomic E-state index is 0.0448. The summed E-state index contributed by atoms with van der Waals surface area (Å²) in [6.07, 6.45) is 4.88. The molecule has 0 amide bonds. The van der Waals surface area contributed by atoms with E-state index in [1.807, 2.05) is 18.2 Å². The second-order valence-electron chi connectivity index (χ2n) is 7.73. The van der Waals surface area contributed by atoms with Gasteiger partial charge in [0, 0.05) is 30.7 Å². The van der Waals surface area contributed by atoms with Crippen LogP contribution >= 0.6 is 0 Å². The average molecular weight is 367 g/mol. The van der Waals surface area contributed by atoms with Gasteiger partial charge in [0.25, 0.3) is 0 Å². The van der Waals surface area contributed by atoms with Crippen molar-refractivity contribution in [1.29, 1.82) is 0 Å². The Morgan fingerprint density at radius 1 is 1.04 bits per heavy atom. The number of para-hydroxylation sites is 1. The highest BCUT2D eigenvalue weighted by molar-refractivity contribution is 5.34. The number of likely N-dealkylation sites (tertiary alicyclic amines) is 1. The molecule has 4 nitrogen and oxygen atoms in total. The molecule has 2 aliphatic rings. The SMILES string of the molecule is OCCOc1ccccc1CNC1CCCN(C2Cc3ccccc3C2)C1. The van der Waals surface area contributed by atoms with Crippen LogP contribution in [0.1, 0.15) is 29.5 Å². The molecule has 0 aromatic heterocycles. The summed E-state index contributed by atoms with van der Waals surface area (Å²) in [5.41, 5.74) is 4.23. The lowest BCUT2D eigenvalue weighted by Gasteiger charge is -2.37. The highest BCUT2D eigenvalue weighted by Crippen LogP contribution is 2.27. The van der Waals surface area contributed by atoms with Crippen molar-refractivity contribution in [2.24, 2.45) is 0 Å². The second-order valence-corrected chi connectivity index (χ2v) is 7.73. The predicted molar refractivity (Wildman–Crippen MR) is 108 cm³/mol. The Morgan fingerprint density at radius 3 is 2.56 bits per heavy atom. The Bertz CT molecular complexity index is 724. The summed E-state index contributed by atoms with van der Waals surface area (Å²) in [7, 11) is 0. The molecule has 1 aliphatic heterocycles. The first kappa shape index (κ1) is 18.5. The fourth-order valence-corrected chi connectivity index (χ4v) is 4.50. The van der Waals surface area contributed by atoms with Crippen LogP contribution in [0.4, 0.5) is 0 Å². The maximum Gasteiger partial charge on any atom is 0.123 e. The summed E-state index contributed by atoms with van der Waals surface area (Å²) in [6.45, 7) is 3.54. The molecule has 0 saturated carbocycles. The Labute approximate surface area is 162 Å². The van der Waals surface area contributed by atoms with Crippen LogP contribution in [0.2, 0.25) is 0 Å². The maximum atomic E-state index is 9.00. The molecule has 1 aliphatic carbocycles. The zero-order chi connectivity index (χ0) is 18.5. The summed E-state index contributed by atoms with van der Waals surface area (Å²) < 4.78 is 5.66. The van der Waals surface area contributed by atoms with Crippen molar-refractivity contribution < 1.29 is 9.84 Å². The summed E-state index contributed by atoms with van der Waals surface area (Å²) in [6, 6.07) is 18.2. The molecule has 1 unspecified atom stereocenters. The molecule has 144 valence electrons. The van der Waals surface area contributed by atoms with E-state index < -0.39 is 0 Å². The van der Waals surface area contributed by atoms with E-state index in [0.717, 1.165) is 24.4 Å². The van der Waals surface area contributed by atoms with Crippen LogP contribution in [0.3, 0.4) is 0 Å². The lowest BCUT2D eigenvalue weighted by molar-refractivity contribution is 0.139. The molecule has 27 heavy (non-hydrogen) atoms. The fraction of sp³-hybridized carbons (Fsp3) is 0.478. The standard InChI is InChI=1S/C23H30N2O2/c26-12-13-27-23-10-4-3-8-20(23)16-24-21-9-5-11-25(17-21)22-14-18-6-1-2-7-19(18)15-22/h1-4,6-8,10,21-22,24,26H,5,9,11-17H2. The minimum Gasteiger partial charge on any atom is -0.491 e. The number of aliphatic hydroxyl groups excluding tert-OH is 1. The lowest BCUT2D eigenvalue weighted by Crippen LogP contribution is -2.49. The van der Waals surface area contributed by atoms with Gasteiger partial charge in [-0.05, 0) is 49.4 Å². The topological polar surface area (TPSA) is 44.7 Å². The normalized spacial score (nSPS) is 20.6. The zero-order valence-electron chi connectivity index (χ0n) is 15.9. The fourth-order valence-electron chi connectivity index (χ4n) is 4.50. The van der Waals surface area contributed by atoms with E-state index in [0.29, 0.717) is 18.7 Å². The number of ether oxygens (including phenoxy) is 1. The summed E-state index contributed by atoms with van der Waals surface area (Å²) >= 11 is 0. The monoisotopic (exact) mass is 366 g/mol. The first-order chi connectivity index (χ1) is 13.3. The number of nitrogens with zero attached hydrogens (tertiary/aromatic N) is 1. The smallest absolute Gasteiger partial charge is 0.123 e. The van der Waals surface area contributed by atoms with Crippen LogP contribution in [-0.2, 0) is 19.4 Å². The van der Waals surface area contributed by atoms with E-state index >= 15 is 0 Å². The van der Waals surface area contributed by atoms with Gasteiger partial charge in [-0.15, -0.1) is 0 Å². The summed E-state index contributed by atoms with van der Waals surface area (Å²) in [4.78, 5) is 2.69. The third-order valence-corrected chi connectivity index (χ3v) is 5.90. The molecule has 1 saturated heterocycles. The number of hydrogen-bond acceptors (Lipinski definition) is 4. The van der Waals surface area contributed by atoms with E-state index in [1.54, 1.807) is 0 Å². The Hall–Kier alpha value is -1.88. The van der Waals surface area contributed by atoms with Crippen molar-refractivity contribution >= 4 is 0 Å². The third kappa shape index (κ3) is 4.52.